The molecule has 0 aliphatic heterocycles. The van der Waals surface area contributed by atoms with Gasteiger partial charge in [-0.15, -0.1) is 22.9 Å². The minimum Gasteiger partial charge on any atom is -0.317 e. The van der Waals surface area contributed by atoms with Crippen molar-refractivity contribution in [2.75, 3.05) is 11.2 Å². The van der Waals surface area contributed by atoms with Crippen LogP contribution < -0.4 is 5.32 Å². The highest BCUT2D eigenvalue weighted by Gasteiger charge is 2.25. The lowest BCUT2D eigenvalue weighted by atomic mass is 9.86. The van der Waals surface area contributed by atoms with E-state index in [0.29, 0.717) is 30.2 Å². The number of amides is 1. The van der Waals surface area contributed by atoms with E-state index in [2.05, 4.69) is 18.3 Å². The molecule has 1 atom stereocenters. The van der Waals surface area contributed by atoms with E-state index in [4.69, 9.17) is 11.6 Å². The quantitative estimate of drug-likeness (QED) is 0.833. The number of nitrogens with one attached hydrogen (secondary N) is 1. The van der Waals surface area contributed by atoms with Crippen LogP contribution in [0.4, 0.5) is 5.00 Å². The Balaban J connectivity index is 2.16. The first kappa shape index (κ1) is 15.3. The molecule has 1 heterocycles. The summed E-state index contributed by atoms with van der Waals surface area (Å²) in [4.78, 5) is 13.1. The van der Waals surface area contributed by atoms with E-state index >= 15 is 0 Å². The monoisotopic (exact) mass is 310 g/mol. The molecule has 1 aromatic heterocycles. The van der Waals surface area contributed by atoms with Crippen molar-refractivity contribution >= 4 is 33.8 Å². The van der Waals surface area contributed by atoms with Gasteiger partial charge in [-0.1, -0.05) is 13.3 Å². The zero-order valence-corrected chi connectivity index (χ0v) is 13.2. The second kappa shape index (κ2) is 7.10. The van der Waals surface area contributed by atoms with Crippen molar-refractivity contribution in [3.63, 3.8) is 0 Å². The molecule has 0 aromatic carbocycles. The number of rotatable bonds is 5. The summed E-state index contributed by atoms with van der Waals surface area (Å²) in [6, 6.07) is 2.27. The van der Waals surface area contributed by atoms with Gasteiger partial charge in [-0.3, -0.25) is 4.79 Å². The summed E-state index contributed by atoms with van der Waals surface area (Å²) in [5.74, 6) is 1.15. The number of carbonyl (C=O) groups excluding carboxylic acids is 1. The Morgan fingerprint density at radius 3 is 3.05 bits per heavy atom. The average Bonchev–Trinajstić information content (AvgIpc) is 2.80. The van der Waals surface area contributed by atoms with Crippen LogP contribution in [0.3, 0.4) is 0 Å². The molecular weight excluding hydrogens is 292 g/mol. The summed E-state index contributed by atoms with van der Waals surface area (Å²) in [6.07, 6.45) is 5.41. The van der Waals surface area contributed by atoms with Gasteiger partial charge in [-0.25, -0.2) is 0 Å². The standard InChI is InChI=1S/C15H19ClN2OS/c1-2-10-5-6-11-12(9-17)15(20-13(11)8-10)18-14(19)4-3-7-16/h10H,2-8H2,1H3,(H,18,19)/t10-/m1/s1. The molecule has 1 aliphatic rings. The maximum absolute atomic E-state index is 11.8. The van der Waals surface area contributed by atoms with Crippen molar-refractivity contribution in [1.29, 1.82) is 5.26 Å². The highest BCUT2D eigenvalue weighted by Crippen LogP contribution is 2.40. The van der Waals surface area contributed by atoms with E-state index in [0.717, 1.165) is 29.8 Å². The van der Waals surface area contributed by atoms with E-state index in [1.165, 1.54) is 11.3 Å². The fourth-order valence-corrected chi connectivity index (χ4v) is 4.09. The Hall–Kier alpha value is -1.05. The summed E-state index contributed by atoms with van der Waals surface area (Å²) in [7, 11) is 0. The summed E-state index contributed by atoms with van der Waals surface area (Å²) < 4.78 is 0. The Labute approximate surface area is 128 Å². The lowest BCUT2D eigenvalue weighted by Crippen LogP contribution is -2.12. The van der Waals surface area contributed by atoms with Crippen LogP contribution in [0.15, 0.2) is 0 Å². The molecule has 5 heteroatoms. The van der Waals surface area contributed by atoms with Crippen molar-refractivity contribution in [3.8, 4) is 6.07 Å². The molecule has 0 unspecified atom stereocenters. The molecule has 1 aromatic rings. The Morgan fingerprint density at radius 1 is 1.60 bits per heavy atom. The smallest absolute Gasteiger partial charge is 0.225 e. The van der Waals surface area contributed by atoms with Crippen molar-refractivity contribution < 1.29 is 4.79 Å². The Kier molecular flexibility index (Phi) is 5.45. The van der Waals surface area contributed by atoms with Gasteiger partial charge in [-0.2, -0.15) is 5.26 Å². The number of nitrogens with zero attached hydrogens (tertiary/aromatic N) is 1. The van der Waals surface area contributed by atoms with Gasteiger partial charge < -0.3 is 5.32 Å². The number of anilines is 1. The molecular formula is C15H19ClN2OS. The maximum Gasteiger partial charge on any atom is 0.225 e. The molecule has 0 radical (unpaired) electrons. The highest BCUT2D eigenvalue weighted by molar-refractivity contribution is 7.16. The maximum atomic E-state index is 11.8. The van der Waals surface area contributed by atoms with Crippen molar-refractivity contribution in [1.82, 2.24) is 0 Å². The number of alkyl halides is 1. The second-order valence-corrected chi connectivity index (χ2v) is 6.66. The molecule has 0 fully saturated rings. The molecule has 1 aliphatic carbocycles. The van der Waals surface area contributed by atoms with Crippen molar-refractivity contribution in [2.45, 2.75) is 45.4 Å². The first-order valence-electron chi connectivity index (χ1n) is 7.10. The normalized spacial score (nSPS) is 17.4. The number of carbonyl (C=O) groups is 1. The third-order valence-electron chi connectivity index (χ3n) is 3.85. The van der Waals surface area contributed by atoms with Crippen LogP contribution in [0, 0.1) is 17.2 Å². The fourth-order valence-electron chi connectivity index (χ4n) is 2.63. The average molecular weight is 311 g/mol. The van der Waals surface area contributed by atoms with E-state index in [1.807, 2.05) is 0 Å². The number of fused-ring (bicyclic) bond motifs is 1. The van der Waals surface area contributed by atoms with Gasteiger partial charge >= 0.3 is 0 Å². The number of nitriles is 1. The van der Waals surface area contributed by atoms with Gasteiger partial charge in [0.1, 0.15) is 11.1 Å². The van der Waals surface area contributed by atoms with Gasteiger partial charge in [0.25, 0.3) is 0 Å². The van der Waals surface area contributed by atoms with E-state index in [1.54, 1.807) is 11.3 Å². The van der Waals surface area contributed by atoms with Crippen LogP contribution in [-0.2, 0) is 17.6 Å². The molecule has 1 amide bonds. The summed E-state index contributed by atoms with van der Waals surface area (Å²) >= 11 is 7.17. The number of thiophene rings is 1. The van der Waals surface area contributed by atoms with Crippen LogP contribution in [-0.4, -0.2) is 11.8 Å². The first-order valence-corrected chi connectivity index (χ1v) is 8.45. The molecule has 108 valence electrons. The first-order chi connectivity index (χ1) is 9.69. The zero-order valence-electron chi connectivity index (χ0n) is 11.7. The molecule has 0 bridgehead atoms. The minimum absolute atomic E-state index is 0.0483. The Bertz CT molecular complexity index is 533. The van der Waals surface area contributed by atoms with Gasteiger partial charge in [0.2, 0.25) is 5.91 Å². The molecule has 0 saturated carbocycles. The summed E-state index contributed by atoms with van der Waals surface area (Å²) in [5.41, 5.74) is 1.84. The second-order valence-electron chi connectivity index (χ2n) is 5.18. The Morgan fingerprint density at radius 2 is 2.40 bits per heavy atom. The SMILES string of the molecule is CC[C@@H]1CCc2c(sc(NC(=O)CCCCl)c2C#N)C1. The summed E-state index contributed by atoms with van der Waals surface area (Å²) in [5, 5.41) is 13.0. The van der Waals surface area contributed by atoms with E-state index in [-0.39, 0.29) is 5.91 Å². The number of hydrogen-bond donors (Lipinski definition) is 1. The summed E-state index contributed by atoms with van der Waals surface area (Å²) in [6.45, 7) is 2.21. The highest BCUT2D eigenvalue weighted by atomic mass is 35.5. The lowest BCUT2D eigenvalue weighted by molar-refractivity contribution is -0.116. The van der Waals surface area contributed by atoms with Gasteiger partial charge in [-0.05, 0) is 37.2 Å². The third kappa shape index (κ3) is 3.34. The number of halogens is 1. The van der Waals surface area contributed by atoms with Crippen LogP contribution >= 0.6 is 22.9 Å². The molecule has 2 rings (SSSR count). The molecule has 3 nitrogen and oxygen atoms in total. The van der Waals surface area contributed by atoms with Gasteiger partial charge in [0.15, 0.2) is 0 Å². The van der Waals surface area contributed by atoms with Gasteiger partial charge in [0, 0.05) is 17.2 Å². The minimum atomic E-state index is -0.0483. The van der Waals surface area contributed by atoms with Crippen molar-refractivity contribution in [3.05, 3.63) is 16.0 Å². The van der Waals surface area contributed by atoms with Crippen LogP contribution in [0.1, 0.15) is 48.6 Å². The van der Waals surface area contributed by atoms with E-state index in [9.17, 15) is 10.1 Å². The zero-order chi connectivity index (χ0) is 14.5. The fraction of sp³-hybridized carbons (Fsp3) is 0.600. The topological polar surface area (TPSA) is 52.9 Å². The third-order valence-corrected chi connectivity index (χ3v) is 5.28. The van der Waals surface area contributed by atoms with Crippen LogP contribution in [0.5, 0.6) is 0 Å². The van der Waals surface area contributed by atoms with Crippen molar-refractivity contribution in [2.24, 2.45) is 5.92 Å². The van der Waals surface area contributed by atoms with Crippen LogP contribution in [0.25, 0.3) is 0 Å². The number of hydrogen-bond acceptors (Lipinski definition) is 3. The largest absolute Gasteiger partial charge is 0.317 e. The van der Waals surface area contributed by atoms with E-state index < -0.39 is 0 Å². The molecule has 0 spiro atoms. The molecule has 20 heavy (non-hydrogen) atoms. The predicted molar refractivity (Wildman–Crippen MR) is 83.4 cm³/mol. The predicted octanol–water partition coefficient (Wildman–Crippen LogP) is 4.09. The molecule has 1 N–H and O–H groups in total. The van der Waals surface area contributed by atoms with Gasteiger partial charge in [0.05, 0.1) is 5.56 Å². The van der Waals surface area contributed by atoms with Crippen LogP contribution in [0.2, 0.25) is 0 Å². The lowest BCUT2D eigenvalue weighted by Gasteiger charge is -2.20. The molecule has 0 saturated heterocycles.